The molecule has 1 aliphatic heterocycles. The monoisotopic (exact) mass is 316 g/mol. The summed E-state index contributed by atoms with van der Waals surface area (Å²) in [6, 6.07) is 6.25. The van der Waals surface area contributed by atoms with Crippen LogP contribution in [0.5, 0.6) is 0 Å². The first-order valence-electron chi connectivity index (χ1n) is 8.44. The number of hydrogen-bond donors (Lipinski definition) is 2. The van der Waals surface area contributed by atoms with E-state index in [-0.39, 0.29) is 12.1 Å². The number of nitrogens with one attached hydrogen (secondary N) is 1. The van der Waals surface area contributed by atoms with Crippen molar-refractivity contribution >= 4 is 12.0 Å². The Balaban J connectivity index is 1.61. The lowest BCUT2D eigenvalue weighted by molar-refractivity contribution is -0.141. The number of carbonyl (C=O) groups is 2. The highest BCUT2D eigenvalue weighted by Crippen LogP contribution is 2.25. The van der Waals surface area contributed by atoms with Crippen LogP contribution in [0.4, 0.5) is 4.79 Å². The molecule has 23 heavy (non-hydrogen) atoms. The predicted molar refractivity (Wildman–Crippen MR) is 87.3 cm³/mol. The Morgan fingerprint density at radius 1 is 1.26 bits per heavy atom. The third kappa shape index (κ3) is 3.49. The lowest BCUT2D eigenvalue weighted by atomic mass is 9.89. The highest BCUT2D eigenvalue weighted by molar-refractivity contribution is 5.77. The summed E-state index contributed by atoms with van der Waals surface area (Å²) in [5, 5.41) is 12.0. The van der Waals surface area contributed by atoms with Crippen LogP contribution in [0.1, 0.15) is 48.9 Å². The Kier molecular flexibility index (Phi) is 4.55. The molecule has 0 radical (unpaired) electrons. The van der Waals surface area contributed by atoms with E-state index in [9.17, 15) is 9.59 Å². The van der Waals surface area contributed by atoms with Gasteiger partial charge in [-0.3, -0.25) is 4.79 Å². The number of urea groups is 1. The Labute approximate surface area is 136 Å². The number of nitrogens with zero attached hydrogens (tertiary/aromatic N) is 1. The number of aryl methyl sites for hydroxylation is 2. The van der Waals surface area contributed by atoms with Crippen molar-refractivity contribution in [2.24, 2.45) is 5.92 Å². The summed E-state index contributed by atoms with van der Waals surface area (Å²) < 4.78 is 0. The van der Waals surface area contributed by atoms with Gasteiger partial charge in [0.1, 0.15) is 0 Å². The first-order chi connectivity index (χ1) is 11.0. The number of carboxylic acid groups (broad SMARTS) is 1. The van der Waals surface area contributed by atoms with Crippen molar-refractivity contribution in [2.75, 3.05) is 13.1 Å². The smallest absolute Gasteiger partial charge is 0.317 e. The van der Waals surface area contributed by atoms with Crippen LogP contribution in [0.25, 0.3) is 0 Å². The van der Waals surface area contributed by atoms with Crippen LogP contribution in [-0.2, 0) is 17.6 Å². The molecule has 124 valence electrons. The molecule has 1 aromatic carbocycles. The van der Waals surface area contributed by atoms with E-state index >= 15 is 0 Å². The zero-order valence-electron chi connectivity index (χ0n) is 13.5. The number of aliphatic carboxylic acids is 1. The second kappa shape index (κ2) is 6.60. The maximum Gasteiger partial charge on any atom is 0.317 e. The molecule has 1 unspecified atom stereocenters. The van der Waals surface area contributed by atoms with Gasteiger partial charge >= 0.3 is 12.0 Å². The van der Waals surface area contributed by atoms with Crippen molar-refractivity contribution in [1.29, 1.82) is 0 Å². The van der Waals surface area contributed by atoms with E-state index in [4.69, 9.17) is 5.11 Å². The third-order valence-corrected chi connectivity index (χ3v) is 5.04. The molecule has 0 spiro atoms. The molecule has 1 aromatic rings. The van der Waals surface area contributed by atoms with Crippen LogP contribution in [0, 0.1) is 5.92 Å². The molecule has 0 aromatic heterocycles. The van der Waals surface area contributed by atoms with Crippen LogP contribution in [0.15, 0.2) is 18.2 Å². The van der Waals surface area contributed by atoms with Crippen molar-refractivity contribution in [3.63, 3.8) is 0 Å². The summed E-state index contributed by atoms with van der Waals surface area (Å²) in [7, 11) is 0. The van der Waals surface area contributed by atoms with Crippen LogP contribution in [0.3, 0.4) is 0 Å². The Bertz CT molecular complexity index is 614. The van der Waals surface area contributed by atoms with E-state index in [0.29, 0.717) is 19.5 Å². The molecule has 2 amide bonds. The van der Waals surface area contributed by atoms with E-state index in [1.54, 1.807) is 4.90 Å². The predicted octanol–water partition coefficient (Wildman–Crippen LogP) is 2.74. The summed E-state index contributed by atoms with van der Waals surface area (Å²) in [4.78, 5) is 24.9. The summed E-state index contributed by atoms with van der Waals surface area (Å²) in [6.45, 7) is 2.80. The molecule has 1 saturated heterocycles. The quantitative estimate of drug-likeness (QED) is 0.901. The number of carbonyl (C=O) groups excluding carboxylic acids is 1. The first kappa shape index (κ1) is 15.8. The minimum Gasteiger partial charge on any atom is -0.481 e. The normalized spacial score (nSPS) is 21.6. The number of rotatable bonds is 3. The van der Waals surface area contributed by atoms with E-state index < -0.39 is 11.9 Å². The molecule has 2 N–H and O–H groups in total. The van der Waals surface area contributed by atoms with Crippen LogP contribution in [0.2, 0.25) is 0 Å². The summed E-state index contributed by atoms with van der Waals surface area (Å²) in [5.41, 5.74) is 3.96. The molecular formula is C18H24N2O3. The maximum atomic E-state index is 12.3. The van der Waals surface area contributed by atoms with Crippen molar-refractivity contribution in [1.82, 2.24) is 10.2 Å². The minimum atomic E-state index is -0.817. The molecule has 1 aliphatic carbocycles. The van der Waals surface area contributed by atoms with Gasteiger partial charge in [-0.25, -0.2) is 4.79 Å². The molecular weight excluding hydrogens is 292 g/mol. The molecule has 0 bridgehead atoms. The average Bonchev–Trinajstić information content (AvgIpc) is 3.04. The van der Waals surface area contributed by atoms with Crippen LogP contribution < -0.4 is 5.32 Å². The Morgan fingerprint density at radius 2 is 2.00 bits per heavy atom. The Hall–Kier alpha value is -2.04. The number of amides is 2. The van der Waals surface area contributed by atoms with E-state index in [0.717, 1.165) is 18.4 Å². The van der Waals surface area contributed by atoms with Gasteiger partial charge in [0, 0.05) is 13.1 Å². The number of carboxylic acids is 1. The third-order valence-electron chi connectivity index (χ3n) is 5.04. The highest BCUT2D eigenvalue weighted by atomic mass is 16.4. The van der Waals surface area contributed by atoms with Crippen molar-refractivity contribution in [3.8, 4) is 0 Å². The first-order valence-corrected chi connectivity index (χ1v) is 8.44. The number of fused-ring (bicyclic) bond motifs is 1. The molecule has 1 fully saturated rings. The second-order valence-corrected chi connectivity index (χ2v) is 6.68. The highest BCUT2D eigenvalue weighted by Gasteiger charge is 2.31. The standard InChI is InChI=1S/C18H24N2O3/c1-12(14-7-6-13-4-2-3-5-15(13)10-14)19-18(23)20-9-8-16(11-20)17(21)22/h6-7,10,12,16H,2-5,8-9,11H2,1H3,(H,19,23)(H,21,22)/t12-,16?/m1/s1. The molecule has 5 nitrogen and oxygen atoms in total. The van der Waals surface area contributed by atoms with Crippen molar-refractivity contribution in [2.45, 2.75) is 45.1 Å². The zero-order chi connectivity index (χ0) is 16.4. The SMILES string of the molecule is C[C@@H](NC(=O)N1CCC(C(=O)O)C1)c1ccc2c(c1)CCCC2. The Morgan fingerprint density at radius 3 is 2.70 bits per heavy atom. The fourth-order valence-electron chi connectivity index (χ4n) is 3.53. The topological polar surface area (TPSA) is 69.6 Å². The number of likely N-dealkylation sites (tertiary alicyclic amines) is 1. The zero-order valence-corrected chi connectivity index (χ0v) is 13.5. The molecule has 2 aliphatic rings. The van der Waals surface area contributed by atoms with Gasteiger partial charge in [-0.15, -0.1) is 0 Å². The number of benzene rings is 1. The molecule has 0 saturated carbocycles. The fraction of sp³-hybridized carbons (Fsp3) is 0.556. The van der Waals surface area contributed by atoms with Crippen LogP contribution >= 0.6 is 0 Å². The van der Waals surface area contributed by atoms with Gasteiger partial charge in [0.25, 0.3) is 0 Å². The largest absolute Gasteiger partial charge is 0.481 e. The van der Waals surface area contributed by atoms with E-state index in [2.05, 4.69) is 23.5 Å². The van der Waals surface area contributed by atoms with Gasteiger partial charge in [0.2, 0.25) is 0 Å². The van der Waals surface area contributed by atoms with Crippen molar-refractivity contribution < 1.29 is 14.7 Å². The van der Waals surface area contributed by atoms with Gasteiger partial charge in [-0.2, -0.15) is 0 Å². The fourth-order valence-corrected chi connectivity index (χ4v) is 3.53. The maximum absolute atomic E-state index is 12.3. The molecule has 3 rings (SSSR count). The summed E-state index contributed by atoms with van der Waals surface area (Å²) in [5.74, 6) is -1.25. The summed E-state index contributed by atoms with van der Waals surface area (Å²) in [6.07, 6.45) is 5.31. The number of hydrogen-bond acceptors (Lipinski definition) is 2. The van der Waals surface area contributed by atoms with E-state index in [1.807, 2.05) is 6.92 Å². The van der Waals surface area contributed by atoms with Gasteiger partial charge in [0.05, 0.1) is 12.0 Å². The summed E-state index contributed by atoms with van der Waals surface area (Å²) >= 11 is 0. The van der Waals surface area contributed by atoms with Gasteiger partial charge in [-0.05, 0) is 55.7 Å². The van der Waals surface area contributed by atoms with Gasteiger partial charge in [-0.1, -0.05) is 18.2 Å². The average molecular weight is 316 g/mol. The molecule has 2 atom stereocenters. The molecule has 1 heterocycles. The second-order valence-electron chi connectivity index (χ2n) is 6.68. The van der Waals surface area contributed by atoms with E-state index in [1.165, 1.54) is 24.0 Å². The van der Waals surface area contributed by atoms with Crippen LogP contribution in [-0.4, -0.2) is 35.1 Å². The van der Waals surface area contributed by atoms with Crippen molar-refractivity contribution in [3.05, 3.63) is 34.9 Å². The molecule has 5 heteroatoms. The van der Waals surface area contributed by atoms with Gasteiger partial charge < -0.3 is 15.3 Å². The minimum absolute atomic E-state index is 0.0707. The lowest BCUT2D eigenvalue weighted by Crippen LogP contribution is -2.40. The lowest BCUT2D eigenvalue weighted by Gasteiger charge is -2.23. The van der Waals surface area contributed by atoms with Gasteiger partial charge in [0.15, 0.2) is 0 Å².